The van der Waals surface area contributed by atoms with E-state index in [0.717, 1.165) is 29.5 Å². The molecule has 3 rings (SSSR count). The maximum Gasteiger partial charge on any atom is 0.271 e. The molecule has 25 heavy (non-hydrogen) atoms. The second kappa shape index (κ2) is 10.6. The van der Waals surface area contributed by atoms with Crippen LogP contribution in [0, 0.1) is 0 Å². The van der Waals surface area contributed by atoms with Gasteiger partial charge in [0.25, 0.3) is 5.91 Å². The quantitative estimate of drug-likeness (QED) is 0.773. The highest BCUT2D eigenvalue weighted by Crippen LogP contribution is 2.18. The van der Waals surface area contributed by atoms with Gasteiger partial charge in [0.2, 0.25) is 0 Å². The predicted octanol–water partition coefficient (Wildman–Crippen LogP) is 2.41. The maximum absolute atomic E-state index is 12.2. The number of carbonyl (C=O) groups excluding carboxylic acids is 1. The predicted molar refractivity (Wildman–Crippen MR) is 106 cm³/mol. The summed E-state index contributed by atoms with van der Waals surface area (Å²) in [7, 11) is 0. The molecule has 9 heteroatoms. The lowest BCUT2D eigenvalue weighted by molar-refractivity contribution is 0.0946. The number of nitrogens with one attached hydrogen (secondary N) is 1. The molecular formula is C16H23Cl2N5OS. The Labute approximate surface area is 164 Å². The van der Waals surface area contributed by atoms with E-state index in [-0.39, 0.29) is 30.7 Å². The van der Waals surface area contributed by atoms with Gasteiger partial charge in [-0.15, -0.1) is 36.2 Å². The van der Waals surface area contributed by atoms with Crippen LogP contribution in [0.4, 0.5) is 5.82 Å². The van der Waals surface area contributed by atoms with Gasteiger partial charge in [0, 0.05) is 37.6 Å². The molecule has 3 N–H and O–H groups in total. The van der Waals surface area contributed by atoms with Gasteiger partial charge in [-0.05, 0) is 37.1 Å². The standard InChI is InChI=1S/C16H21N5OS.2ClH/c17-5-3-15-20-13(11-23-15)16(22)19-10-12-4-6-18-14(9-12)21-7-1-2-8-21;;/h4,6,9,11H,1-3,5,7-8,10,17H2,(H,19,22);2*1H. The highest BCUT2D eigenvalue weighted by molar-refractivity contribution is 7.09. The van der Waals surface area contributed by atoms with Gasteiger partial charge in [-0.2, -0.15) is 0 Å². The molecule has 0 spiro atoms. The molecule has 0 radical (unpaired) electrons. The van der Waals surface area contributed by atoms with Gasteiger partial charge in [0.15, 0.2) is 0 Å². The van der Waals surface area contributed by atoms with Crippen LogP contribution in [0.2, 0.25) is 0 Å². The summed E-state index contributed by atoms with van der Waals surface area (Å²) in [6.45, 7) is 3.15. The number of amides is 1. The van der Waals surface area contributed by atoms with E-state index in [9.17, 15) is 4.79 Å². The second-order valence-electron chi connectivity index (χ2n) is 5.56. The maximum atomic E-state index is 12.2. The molecule has 1 aliphatic heterocycles. The summed E-state index contributed by atoms with van der Waals surface area (Å²) in [5.74, 6) is 0.845. The highest BCUT2D eigenvalue weighted by atomic mass is 35.5. The van der Waals surface area contributed by atoms with Crippen LogP contribution < -0.4 is 16.0 Å². The molecule has 0 aromatic carbocycles. The minimum atomic E-state index is -0.149. The molecule has 0 bridgehead atoms. The molecule has 0 saturated carbocycles. The van der Waals surface area contributed by atoms with Crippen molar-refractivity contribution in [1.29, 1.82) is 0 Å². The third-order valence-corrected chi connectivity index (χ3v) is 4.74. The van der Waals surface area contributed by atoms with E-state index in [1.165, 1.54) is 24.2 Å². The van der Waals surface area contributed by atoms with E-state index in [0.29, 0.717) is 25.2 Å². The molecule has 1 amide bonds. The Balaban J connectivity index is 0.00000156. The van der Waals surface area contributed by atoms with Crippen LogP contribution in [-0.2, 0) is 13.0 Å². The van der Waals surface area contributed by atoms with E-state index in [2.05, 4.69) is 20.2 Å². The Kier molecular flexibility index (Phi) is 9.13. The summed E-state index contributed by atoms with van der Waals surface area (Å²) in [4.78, 5) is 23.2. The third kappa shape index (κ3) is 5.81. The second-order valence-corrected chi connectivity index (χ2v) is 6.51. The van der Waals surface area contributed by atoms with Crippen LogP contribution in [0.15, 0.2) is 23.7 Å². The van der Waals surface area contributed by atoms with E-state index < -0.39 is 0 Å². The number of thiazole rings is 1. The SMILES string of the molecule is Cl.Cl.NCCc1nc(C(=O)NCc2ccnc(N3CCCC3)c2)cs1. The lowest BCUT2D eigenvalue weighted by Crippen LogP contribution is -2.24. The zero-order valence-corrected chi connectivity index (χ0v) is 16.3. The van der Waals surface area contributed by atoms with Crippen molar-refractivity contribution >= 4 is 47.9 Å². The lowest BCUT2D eigenvalue weighted by Gasteiger charge is -2.16. The Morgan fingerprint density at radius 2 is 2.08 bits per heavy atom. The first-order valence-electron chi connectivity index (χ1n) is 7.89. The molecule has 138 valence electrons. The van der Waals surface area contributed by atoms with Crippen molar-refractivity contribution in [3.8, 4) is 0 Å². The van der Waals surface area contributed by atoms with Gasteiger partial charge in [-0.25, -0.2) is 9.97 Å². The molecule has 1 saturated heterocycles. The van der Waals surface area contributed by atoms with E-state index in [1.54, 1.807) is 11.6 Å². The summed E-state index contributed by atoms with van der Waals surface area (Å²) in [6, 6.07) is 3.98. The molecular weight excluding hydrogens is 381 g/mol. The fourth-order valence-corrected chi connectivity index (χ4v) is 3.41. The average molecular weight is 404 g/mol. The van der Waals surface area contributed by atoms with Crippen LogP contribution in [0.1, 0.15) is 33.9 Å². The van der Waals surface area contributed by atoms with Gasteiger partial charge in [0.05, 0.1) is 5.01 Å². The number of hydrogen-bond acceptors (Lipinski definition) is 6. The van der Waals surface area contributed by atoms with Crippen LogP contribution in [0.25, 0.3) is 0 Å². The Morgan fingerprint density at radius 1 is 1.32 bits per heavy atom. The van der Waals surface area contributed by atoms with Crippen LogP contribution in [-0.4, -0.2) is 35.5 Å². The van der Waals surface area contributed by atoms with Crippen molar-refractivity contribution in [1.82, 2.24) is 15.3 Å². The molecule has 0 aliphatic carbocycles. The van der Waals surface area contributed by atoms with E-state index >= 15 is 0 Å². The first-order valence-corrected chi connectivity index (χ1v) is 8.77. The summed E-state index contributed by atoms with van der Waals surface area (Å²) < 4.78 is 0. The first-order chi connectivity index (χ1) is 11.3. The topological polar surface area (TPSA) is 84.1 Å². The molecule has 1 fully saturated rings. The Bertz CT molecular complexity index is 676. The van der Waals surface area contributed by atoms with Crippen molar-refractivity contribution in [2.45, 2.75) is 25.8 Å². The van der Waals surface area contributed by atoms with Crippen LogP contribution >= 0.6 is 36.2 Å². The normalized spacial score (nSPS) is 13.1. The number of nitrogens with two attached hydrogens (primary N) is 1. The summed E-state index contributed by atoms with van der Waals surface area (Å²) >= 11 is 1.47. The monoisotopic (exact) mass is 403 g/mol. The van der Waals surface area contributed by atoms with Crippen LogP contribution in [0.3, 0.4) is 0 Å². The third-order valence-electron chi connectivity index (χ3n) is 3.84. The summed E-state index contributed by atoms with van der Waals surface area (Å²) in [6.07, 6.45) is 4.95. The lowest BCUT2D eigenvalue weighted by atomic mass is 10.2. The zero-order chi connectivity index (χ0) is 16.1. The molecule has 0 unspecified atom stereocenters. The van der Waals surface area contributed by atoms with Gasteiger partial charge in [-0.1, -0.05) is 0 Å². The van der Waals surface area contributed by atoms with Crippen molar-refractivity contribution in [3.05, 3.63) is 40.0 Å². The zero-order valence-electron chi connectivity index (χ0n) is 13.8. The fraction of sp³-hybridized carbons (Fsp3) is 0.438. The Morgan fingerprint density at radius 3 is 2.80 bits per heavy atom. The number of anilines is 1. The fourth-order valence-electron chi connectivity index (χ4n) is 2.62. The molecule has 3 heterocycles. The van der Waals surface area contributed by atoms with Crippen molar-refractivity contribution in [3.63, 3.8) is 0 Å². The Hall–Kier alpha value is -1.41. The molecule has 6 nitrogen and oxygen atoms in total. The summed E-state index contributed by atoms with van der Waals surface area (Å²) in [5.41, 5.74) is 7.02. The minimum Gasteiger partial charge on any atom is -0.357 e. The van der Waals surface area contributed by atoms with Gasteiger partial charge < -0.3 is 16.0 Å². The summed E-state index contributed by atoms with van der Waals surface area (Å²) in [5, 5.41) is 5.60. The highest BCUT2D eigenvalue weighted by Gasteiger charge is 2.14. The number of halogens is 2. The van der Waals surface area contributed by atoms with E-state index in [4.69, 9.17) is 5.73 Å². The van der Waals surface area contributed by atoms with E-state index in [1.807, 2.05) is 12.1 Å². The van der Waals surface area contributed by atoms with Crippen molar-refractivity contribution in [2.75, 3.05) is 24.5 Å². The van der Waals surface area contributed by atoms with Gasteiger partial charge in [-0.3, -0.25) is 4.79 Å². The molecule has 1 aliphatic rings. The average Bonchev–Trinajstić information content (AvgIpc) is 3.25. The number of hydrogen-bond donors (Lipinski definition) is 2. The largest absolute Gasteiger partial charge is 0.357 e. The number of pyridine rings is 1. The van der Waals surface area contributed by atoms with Gasteiger partial charge in [0.1, 0.15) is 11.5 Å². The molecule has 2 aromatic rings. The van der Waals surface area contributed by atoms with Crippen LogP contribution in [0.5, 0.6) is 0 Å². The van der Waals surface area contributed by atoms with Crippen molar-refractivity contribution in [2.24, 2.45) is 5.73 Å². The minimum absolute atomic E-state index is 0. The number of aromatic nitrogens is 2. The smallest absolute Gasteiger partial charge is 0.271 e. The molecule has 2 aromatic heterocycles. The first kappa shape index (κ1) is 21.6. The molecule has 0 atom stereocenters. The number of carbonyl (C=O) groups is 1. The van der Waals surface area contributed by atoms with Gasteiger partial charge >= 0.3 is 0 Å². The number of rotatable bonds is 6. The van der Waals surface area contributed by atoms with Crippen molar-refractivity contribution < 1.29 is 4.79 Å². The number of nitrogens with zero attached hydrogens (tertiary/aromatic N) is 3.